The van der Waals surface area contributed by atoms with Crippen molar-refractivity contribution in [3.8, 4) is 11.5 Å². The molecule has 0 aromatic heterocycles. The normalized spacial score (nSPS) is 12.0. The van der Waals surface area contributed by atoms with Gasteiger partial charge in [0.15, 0.2) is 9.84 Å². The second-order valence-corrected chi connectivity index (χ2v) is 9.20. The van der Waals surface area contributed by atoms with Crippen LogP contribution in [0.2, 0.25) is 0 Å². The number of oxime groups is 1. The quantitative estimate of drug-likeness (QED) is 0.177. The van der Waals surface area contributed by atoms with Crippen LogP contribution < -0.4 is 9.47 Å². The van der Waals surface area contributed by atoms with Crippen molar-refractivity contribution in [2.24, 2.45) is 5.16 Å². The highest BCUT2D eigenvalue weighted by molar-refractivity contribution is 7.92. The van der Waals surface area contributed by atoms with Gasteiger partial charge in [-0.15, -0.1) is 0 Å². The standard InChI is InChI=1S/C22H35NO5S/c1-5-6-13-27-21-17-19(2)22(20(3)18-21)28-14-10-8-7-9-11-15-29(24,25)16-12-23-26-4/h5-6,12,17-18H,7-11,13-16H2,1-4H3/b6-5+,23-12+. The van der Waals surface area contributed by atoms with Gasteiger partial charge in [0.25, 0.3) is 0 Å². The average Bonchev–Trinajstić information content (AvgIpc) is 2.66. The molecule has 0 N–H and O–H groups in total. The van der Waals surface area contributed by atoms with Crippen LogP contribution in [0.25, 0.3) is 0 Å². The fraction of sp³-hybridized carbons (Fsp3) is 0.591. The first-order valence-electron chi connectivity index (χ1n) is 10.1. The maximum atomic E-state index is 11.8. The number of rotatable bonds is 15. The zero-order valence-electron chi connectivity index (χ0n) is 18.1. The lowest BCUT2D eigenvalue weighted by Crippen LogP contribution is -2.12. The molecule has 0 fully saturated rings. The Labute approximate surface area is 175 Å². The third-order valence-corrected chi connectivity index (χ3v) is 5.94. The molecule has 0 saturated heterocycles. The van der Waals surface area contributed by atoms with Crippen molar-refractivity contribution in [3.05, 3.63) is 35.4 Å². The van der Waals surface area contributed by atoms with Crippen molar-refractivity contribution in [1.82, 2.24) is 0 Å². The number of unbranched alkanes of at least 4 members (excludes halogenated alkanes) is 4. The summed E-state index contributed by atoms with van der Waals surface area (Å²) in [6.07, 6.45) is 9.78. The van der Waals surface area contributed by atoms with Crippen molar-refractivity contribution in [1.29, 1.82) is 0 Å². The van der Waals surface area contributed by atoms with Gasteiger partial charge in [-0.25, -0.2) is 8.42 Å². The van der Waals surface area contributed by atoms with Gasteiger partial charge in [0.1, 0.15) is 25.2 Å². The van der Waals surface area contributed by atoms with E-state index in [0.717, 1.165) is 48.3 Å². The minimum Gasteiger partial charge on any atom is -0.493 e. The summed E-state index contributed by atoms with van der Waals surface area (Å²) < 4.78 is 35.2. The van der Waals surface area contributed by atoms with Gasteiger partial charge in [-0.3, -0.25) is 0 Å². The Morgan fingerprint density at radius 2 is 1.66 bits per heavy atom. The smallest absolute Gasteiger partial charge is 0.155 e. The van der Waals surface area contributed by atoms with E-state index < -0.39 is 9.84 Å². The van der Waals surface area contributed by atoms with Crippen LogP contribution in [0.5, 0.6) is 11.5 Å². The van der Waals surface area contributed by atoms with Gasteiger partial charge in [-0.2, -0.15) is 0 Å². The van der Waals surface area contributed by atoms with Gasteiger partial charge in [-0.05, 0) is 56.9 Å². The number of benzene rings is 1. The molecule has 0 spiro atoms. The maximum absolute atomic E-state index is 11.8. The highest BCUT2D eigenvalue weighted by atomic mass is 32.2. The van der Waals surface area contributed by atoms with E-state index in [4.69, 9.17) is 9.47 Å². The van der Waals surface area contributed by atoms with Gasteiger partial charge in [0, 0.05) is 0 Å². The molecule has 7 heteroatoms. The second-order valence-electron chi connectivity index (χ2n) is 6.97. The summed E-state index contributed by atoms with van der Waals surface area (Å²) in [6, 6.07) is 4.01. The van der Waals surface area contributed by atoms with Crippen LogP contribution in [0.4, 0.5) is 0 Å². The summed E-state index contributed by atoms with van der Waals surface area (Å²) in [6.45, 7) is 7.26. The number of sulfone groups is 1. The van der Waals surface area contributed by atoms with Crippen LogP contribution in [0, 0.1) is 13.8 Å². The molecule has 0 bridgehead atoms. The molecule has 1 aromatic rings. The molecule has 1 aromatic carbocycles. The first-order valence-corrected chi connectivity index (χ1v) is 11.9. The van der Waals surface area contributed by atoms with Crippen molar-refractivity contribution < 1.29 is 22.7 Å². The van der Waals surface area contributed by atoms with Crippen LogP contribution >= 0.6 is 0 Å². The number of ether oxygens (including phenoxy) is 2. The van der Waals surface area contributed by atoms with E-state index in [1.54, 1.807) is 0 Å². The van der Waals surface area contributed by atoms with Crippen LogP contribution in [0.15, 0.2) is 29.4 Å². The lowest BCUT2D eigenvalue weighted by atomic mass is 10.1. The fourth-order valence-corrected chi connectivity index (χ4v) is 3.99. The maximum Gasteiger partial charge on any atom is 0.155 e. The number of hydrogen-bond acceptors (Lipinski definition) is 6. The third kappa shape index (κ3) is 10.9. The molecular weight excluding hydrogens is 390 g/mol. The largest absolute Gasteiger partial charge is 0.493 e. The molecule has 29 heavy (non-hydrogen) atoms. The highest BCUT2D eigenvalue weighted by Crippen LogP contribution is 2.28. The molecule has 0 saturated carbocycles. The summed E-state index contributed by atoms with van der Waals surface area (Å²) in [7, 11) is -1.68. The molecular formula is C22H35NO5S. The Morgan fingerprint density at radius 3 is 2.31 bits per heavy atom. The first kappa shape index (κ1) is 25.0. The molecule has 0 amide bonds. The monoisotopic (exact) mass is 425 g/mol. The predicted octanol–water partition coefficient (Wildman–Crippen LogP) is 4.63. The minimum absolute atomic E-state index is 0.0630. The van der Waals surface area contributed by atoms with Crippen LogP contribution in [0.1, 0.15) is 50.2 Å². The summed E-state index contributed by atoms with van der Waals surface area (Å²) in [5.74, 6) is 1.91. The predicted molar refractivity (Wildman–Crippen MR) is 119 cm³/mol. The molecule has 0 radical (unpaired) electrons. The van der Waals surface area contributed by atoms with Crippen LogP contribution in [0.3, 0.4) is 0 Å². The van der Waals surface area contributed by atoms with Crippen LogP contribution in [-0.2, 0) is 14.7 Å². The number of nitrogens with zero attached hydrogens (tertiary/aromatic N) is 1. The van der Waals surface area contributed by atoms with Crippen LogP contribution in [-0.4, -0.2) is 46.5 Å². The lowest BCUT2D eigenvalue weighted by Gasteiger charge is -2.14. The van der Waals surface area contributed by atoms with Gasteiger partial charge in [0.05, 0.1) is 24.3 Å². The van der Waals surface area contributed by atoms with Crippen molar-refractivity contribution in [2.75, 3.05) is 31.8 Å². The molecule has 1 rings (SSSR count). The van der Waals surface area contributed by atoms with E-state index in [-0.39, 0.29) is 11.5 Å². The van der Waals surface area contributed by atoms with E-state index in [1.165, 1.54) is 13.3 Å². The molecule has 0 aliphatic carbocycles. The Bertz CT molecular complexity index is 733. The fourth-order valence-electron chi connectivity index (χ4n) is 2.89. The Balaban J connectivity index is 2.24. The summed E-state index contributed by atoms with van der Waals surface area (Å²) in [4.78, 5) is 4.47. The average molecular weight is 426 g/mol. The lowest BCUT2D eigenvalue weighted by molar-refractivity contribution is 0.215. The number of aryl methyl sites for hydroxylation is 2. The molecule has 0 aliphatic heterocycles. The molecule has 0 unspecified atom stereocenters. The summed E-state index contributed by atoms with van der Waals surface area (Å²) in [5, 5.41) is 3.47. The summed E-state index contributed by atoms with van der Waals surface area (Å²) >= 11 is 0. The minimum atomic E-state index is -3.08. The Kier molecular flexibility index (Phi) is 12.1. The molecule has 0 atom stereocenters. The number of allylic oxidation sites excluding steroid dienone is 1. The van der Waals surface area contributed by atoms with Crippen molar-refractivity contribution in [2.45, 2.75) is 52.9 Å². The molecule has 164 valence electrons. The van der Waals surface area contributed by atoms with Crippen molar-refractivity contribution in [3.63, 3.8) is 0 Å². The number of hydrogen-bond donors (Lipinski definition) is 0. The highest BCUT2D eigenvalue weighted by Gasteiger charge is 2.09. The van der Waals surface area contributed by atoms with Gasteiger partial charge in [-0.1, -0.05) is 36.6 Å². The zero-order valence-corrected chi connectivity index (χ0v) is 19.0. The van der Waals surface area contributed by atoms with Crippen molar-refractivity contribution >= 4 is 16.1 Å². The first-order chi connectivity index (χ1) is 13.9. The SMILES string of the molecule is C/C=C/COc1cc(C)c(OCCCCCCCS(=O)(=O)C/C=N/OC)c(C)c1. The van der Waals surface area contributed by atoms with E-state index >= 15 is 0 Å². The van der Waals surface area contributed by atoms with E-state index in [1.807, 2.05) is 45.1 Å². The summed E-state index contributed by atoms with van der Waals surface area (Å²) in [5.41, 5.74) is 2.14. The molecule has 0 heterocycles. The molecule has 6 nitrogen and oxygen atoms in total. The van der Waals surface area contributed by atoms with Gasteiger partial charge in [0.2, 0.25) is 0 Å². The second kappa shape index (κ2) is 14.0. The van der Waals surface area contributed by atoms with E-state index in [2.05, 4.69) is 9.99 Å². The Morgan fingerprint density at radius 1 is 1.00 bits per heavy atom. The van der Waals surface area contributed by atoms with E-state index in [9.17, 15) is 8.42 Å². The Hall–Kier alpha value is -2.02. The van der Waals surface area contributed by atoms with Gasteiger partial charge < -0.3 is 14.3 Å². The molecule has 0 aliphatic rings. The van der Waals surface area contributed by atoms with E-state index in [0.29, 0.717) is 19.6 Å². The topological polar surface area (TPSA) is 74.2 Å². The zero-order chi connectivity index (χ0) is 21.5. The van der Waals surface area contributed by atoms with Gasteiger partial charge >= 0.3 is 0 Å². The third-order valence-electron chi connectivity index (χ3n) is 4.37.